The summed E-state index contributed by atoms with van der Waals surface area (Å²) in [7, 11) is 1.59. The Labute approximate surface area is 112 Å². The number of hydrogen-bond acceptors (Lipinski definition) is 4. The first-order chi connectivity index (χ1) is 8.65. The highest BCUT2D eigenvalue weighted by Gasteiger charge is 2.05. The van der Waals surface area contributed by atoms with E-state index in [2.05, 4.69) is 10.6 Å². The third kappa shape index (κ3) is 4.68. The SMILES string of the molecule is COCCNC(=O)CNc1ccccc1C(N)=S. The standard InChI is InChI=1S/C12H17N3O2S/c1-17-7-6-14-11(16)8-15-10-5-3-2-4-9(10)12(13)18/h2-5,15H,6-8H2,1H3,(H2,13,18)(H,14,16). The number of para-hydroxylation sites is 1. The molecule has 0 aromatic heterocycles. The zero-order chi connectivity index (χ0) is 13.4. The summed E-state index contributed by atoms with van der Waals surface area (Å²) in [5, 5.41) is 5.71. The van der Waals surface area contributed by atoms with Crippen molar-refractivity contribution in [3.05, 3.63) is 29.8 Å². The lowest BCUT2D eigenvalue weighted by Gasteiger charge is -2.11. The molecule has 0 bridgehead atoms. The van der Waals surface area contributed by atoms with Crippen LogP contribution in [0.1, 0.15) is 5.56 Å². The lowest BCUT2D eigenvalue weighted by molar-refractivity contribution is -0.119. The highest BCUT2D eigenvalue weighted by molar-refractivity contribution is 7.80. The number of amides is 1. The molecule has 0 atom stereocenters. The molecule has 0 heterocycles. The lowest BCUT2D eigenvalue weighted by atomic mass is 10.2. The van der Waals surface area contributed by atoms with Crippen LogP contribution >= 0.6 is 12.2 Å². The Morgan fingerprint density at radius 2 is 2.17 bits per heavy atom. The van der Waals surface area contributed by atoms with E-state index in [1.165, 1.54) is 0 Å². The number of ether oxygens (including phenoxy) is 1. The van der Waals surface area contributed by atoms with E-state index in [1.807, 2.05) is 24.3 Å². The molecule has 98 valence electrons. The Balaban J connectivity index is 2.48. The van der Waals surface area contributed by atoms with Gasteiger partial charge >= 0.3 is 0 Å². The molecule has 0 saturated carbocycles. The van der Waals surface area contributed by atoms with Gasteiger partial charge in [-0.25, -0.2) is 0 Å². The number of rotatable bonds is 7. The van der Waals surface area contributed by atoms with Gasteiger partial charge in [-0.1, -0.05) is 24.4 Å². The molecule has 0 unspecified atom stereocenters. The van der Waals surface area contributed by atoms with Crippen molar-refractivity contribution in [2.45, 2.75) is 0 Å². The minimum atomic E-state index is -0.107. The molecule has 18 heavy (non-hydrogen) atoms. The molecular weight excluding hydrogens is 250 g/mol. The maximum Gasteiger partial charge on any atom is 0.239 e. The van der Waals surface area contributed by atoms with Crippen LogP contribution in [0.25, 0.3) is 0 Å². The summed E-state index contributed by atoms with van der Waals surface area (Å²) in [5.41, 5.74) is 7.08. The van der Waals surface area contributed by atoms with Crippen molar-refractivity contribution in [3.8, 4) is 0 Å². The first kappa shape index (κ1) is 14.4. The molecule has 1 aromatic rings. The van der Waals surface area contributed by atoms with Gasteiger partial charge in [0.05, 0.1) is 13.2 Å². The number of hydrogen-bond donors (Lipinski definition) is 3. The number of methoxy groups -OCH3 is 1. The van der Waals surface area contributed by atoms with Gasteiger partial charge in [0.15, 0.2) is 0 Å². The third-order valence-electron chi connectivity index (χ3n) is 2.26. The molecule has 4 N–H and O–H groups in total. The van der Waals surface area contributed by atoms with Gasteiger partial charge in [0.1, 0.15) is 4.99 Å². The molecule has 0 saturated heterocycles. The number of carbonyl (C=O) groups excluding carboxylic acids is 1. The summed E-state index contributed by atoms with van der Waals surface area (Å²) < 4.78 is 4.84. The van der Waals surface area contributed by atoms with E-state index in [-0.39, 0.29) is 12.5 Å². The molecule has 0 radical (unpaired) electrons. The van der Waals surface area contributed by atoms with Crippen molar-refractivity contribution in [1.29, 1.82) is 0 Å². The van der Waals surface area contributed by atoms with Crippen LogP contribution in [-0.2, 0) is 9.53 Å². The highest BCUT2D eigenvalue weighted by atomic mass is 32.1. The lowest BCUT2D eigenvalue weighted by Crippen LogP contribution is -2.32. The van der Waals surface area contributed by atoms with Gasteiger partial charge in [-0.2, -0.15) is 0 Å². The summed E-state index contributed by atoms with van der Waals surface area (Å²) in [6.45, 7) is 1.16. The fourth-order valence-corrected chi connectivity index (χ4v) is 1.56. The molecule has 1 amide bonds. The van der Waals surface area contributed by atoms with E-state index in [0.717, 1.165) is 11.3 Å². The summed E-state index contributed by atoms with van der Waals surface area (Å²) >= 11 is 4.94. The molecule has 0 aliphatic carbocycles. The minimum absolute atomic E-state index is 0.107. The average Bonchev–Trinajstić information content (AvgIpc) is 2.37. The number of benzene rings is 1. The first-order valence-corrected chi connectivity index (χ1v) is 5.94. The van der Waals surface area contributed by atoms with Crippen molar-refractivity contribution in [3.63, 3.8) is 0 Å². The number of nitrogens with one attached hydrogen (secondary N) is 2. The fourth-order valence-electron chi connectivity index (χ4n) is 1.38. The molecule has 0 aliphatic rings. The zero-order valence-electron chi connectivity index (χ0n) is 10.2. The summed E-state index contributed by atoms with van der Waals surface area (Å²) in [4.78, 5) is 11.8. The van der Waals surface area contributed by atoms with Crippen LogP contribution in [0.5, 0.6) is 0 Å². The van der Waals surface area contributed by atoms with E-state index in [0.29, 0.717) is 18.1 Å². The van der Waals surface area contributed by atoms with E-state index >= 15 is 0 Å². The van der Waals surface area contributed by atoms with Gasteiger partial charge in [0.2, 0.25) is 5.91 Å². The number of nitrogens with two attached hydrogens (primary N) is 1. The second-order valence-electron chi connectivity index (χ2n) is 3.61. The first-order valence-electron chi connectivity index (χ1n) is 5.53. The predicted molar refractivity (Wildman–Crippen MR) is 75.7 cm³/mol. The van der Waals surface area contributed by atoms with Gasteiger partial charge in [0.25, 0.3) is 0 Å². The second-order valence-corrected chi connectivity index (χ2v) is 4.05. The molecule has 0 aliphatic heterocycles. The van der Waals surface area contributed by atoms with Crippen molar-refractivity contribution < 1.29 is 9.53 Å². The minimum Gasteiger partial charge on any atom is -0.389 e. The predicted octanol–water partition coefficient (Wildman–Crippen LogP) is 0.495. The van der Waals surface area contributed by atoms with Crippen LogP contribution in [0.3, 0.4) is 0 Å². The smallest absolute Gasteiger partial charge is 0.239 e. The molecule has 0 fully saturated rings. The Kier molecular flexibility index (Phi) is 6.10. The average molecular weight is 267 g/mol. The van der Waals surface area contributed by atoms with Crippen molar-refractivity contribution in [2.24, 2.45) is 5.73 Å². The summed E-state index contributed by atoms with van der Waals surface area (Å²) in [6.07, 6.45) is 0. The van der Waals surface area contributed by atoms with Gasteiger partial charge in [-0.15, -0.1) is 0 Å². The molecule has 5 nitrogen and oxygen atoms in total. The Hall–Kier alpha value is -1.66. The zero-order valence-corrected chi connectivity index (χ0v) is 11.0. The fraction of sp³-hybridized carbons (Fsp3) is 0.333. The maximum absolute atomic E-state index is 11.5. The van der Waals surface area contributed by atoms with E-state index in [4.69, 9.17) is 22.7 Å². The molecule has 1 rings (SSSR count). The topological polar surface area (TPSA) is 76.4 Å². The van der Waals surface area contributed by atoms with E-state index in [1.54, 1.807) is 7.11 Å². The number of anilines is 1. The Morgan fingerprint density at radius 1 is 1.44 bits per heavy atom. The summed E-state index contributed by atoms with van der Waals surface area (Å²) in [5.74, 6) is -0.107. The highest BCUT2D eigenvalue weighted by Crippen LogP contribution is 2.14. The van der Waals surface area contributed by atoms with Crippen LogP contribution in [0, 0.1) is 0 Å². The van der Waals surface area contributed by atoms with Gasteiger partial charge in [0, 0.05) is 24.9 Å². The van der Waals surface area contributed by atoms with E-state index < -0.39 is 0 Å². The molecular formula is C12H17N3O2S. The van der Waals surface area contributed by atoms with Crippen molar-refractivity contribution in [1.82, 2.24) is 5.32 Å². The molecule has 6 heteroatoms. The van der Waals surface area contributed by atoms with Crippen LogP contribution in [0.2, 0.25) is 0 Å². The number of thiocarbonyl (C=S) groups is 1. The van der Waals surface area contributed by atoms with Gasteiger partial charge in [-0.05, 0) is 12.1 Å². The van der Waals surface area contributed by atoms with Crippen LogP contribution in [-0.4, -0.2) is 37.7 Å². The van der Waals surface area contributed by atoms with Crippen LogP contribution < -0.4 is 16.4 Å². The van der Waals surface area contributed by atoms with Gasteiger partial charge in [-0.3, -0.25) is 4.79 Å². The molecule has 1 aromatic carbocycles. The van der Waals surface area contributed by atoms with E-state index in [9.17, 15) is 4.79 Å². The maximum atomic E-state index is 11.5. The third-order valence-corrected chi connectivity index (χ3v) is 2.48. The van der Waals surface area contributed by atoms with Crippen LogP contribution in [0.4, 0.5) is 5.69 Å². The quantitative estimate of drug-likeness (QED) is 0.495. The van der Waals surface area contributed by atoms with Gasteiger partial charge < -0.3 is 21.1 Å². The Bertz CT molecular complexity index is 424. The Morgan fingerprint density at radius 3 is 2.83 bits per heavy atom. The van der Waals surface area contributed by atoms with Crippen LogP contribution in [0.15, 0.2) is 24.3 Å². The van der Waals surface area contributed by atoms with Crippen molar-refractivity contribution in [2.75, 3.05) is 32.1 Å². The normalized spacial score (nSPS) is 9.83. The van der Waals surface area contributed by atoms with Crippen molar-refractivity contribution >= 4 is 28.8 Å². The monoisotopic (exact) mass is 267 g/mol. The second kappa shape index (κ2) is 7.62. The summed E-state index contributed by atoms with van der Waals surface area (Å²) in [6, 6.07) is 7.34. The largest absolute Gasteiger partial charge is 0.389 e. The number of carbonyl (C=O) groups is 1. The molecule has 0 spiro atoms.